The Labute approximate surface area is 112 Å². The predicted molar refractivity (Wildman–Crippen MR) is 75.4 cm³/mol. The summed E-state index contributed by atoms with van der Waals surface area (Å²) >= 11 is 1.51. The van der Waals surface area contributed by atoms with Gasteiger partial charge < -0.3 is 0 Å². The highest BCUT2D eigenvalue weighted by Crippen LogP contribution is 2.35. The summed E-state index contributed by atoms with van der Waals surface area (Å²) in [5.41, 5.74) is 1.89. The van der Waals surface area contributed by atoms with Gasteiger partial charge in [-0.3, -0.25) is 4.79 Å². The van der Waals surface area contributed by atoms with Crippen molar-refractivity contribution in [2.24, 2.45) is 0 Å². The van der Waals surface area contributed by atoms with E-state index in [4.69, 9.17) is 0 Å². The van der Waals surface area contributed by atoms with Crippen molar-refractivity contribution >= 4 is 17.1 Å². The van der Waals surface area contributed by atoms with Crippen LogP contribution in [-0.2, 0) is 5.41 Å². The van der Waals surface area contributed by atoms with E-state index in [0.29, 0.717) is 0 Å². The second kappa shape index (κ2) is 4.65. The first-order valence-corrected chi connectivity index (χ1v) is 6.79. The molecule has 0 saturated heterocycles. The Hall–Kier alpha value is -1.48. The number of hydrogen-bond acceptors (Lipinski definition) is 3. The summed E-state index contributed by atoms with van der Waals surface area (Å²) in [6.45, 7) is 7.78. The minimum Gasteiger partial charge on any atom is -0.294 e. The van der Waals surface area contributed by atoms with Gasteiger partial charge in [0.05, 0.1) is 10.6 Å². The molecule has 0 fully saturated rings. The van der Waals surface area contributed by atoms with Crippen molar-refractivity contribution in [2.45, 2.75) is 33.1 Å². The number of rotatable bonds is 3. The lowest BCUT2D eigenvalue weighted by Gasteiger charge is -2.22. The number of aryl methyl sites for hydroxylation is 1. The molecular weight excluding hydrogens is 242 g/mol. The Morgan fingerprint density at radius 2 is 1.83 bits per heavy atom. The third kappa shape index (κ3) is 2.23. The standard InChI is InChI=1S/C15H17NOS/c1-10-13(11(2)17)18-14(16-10)15(3,4)12-8-6-5-7-9-12/h5-9H,1-4H3. The minimum atomic E-state index is -0.162. The van der Waals surface area contributed by atoms with Crippen molar-refractivity contribution in [3.8, 4) is 0 Å². The van der Waals surface area contributed by atoms with E-state index in [9.17, 15) is 4.79 Å². The second-order valence-corrected chi connectivity index (χ2v) is 5.98. The summed E-state index contributed by atoms with van der Waals surface area (Å²) in [6.07, 6.45) is 0. The first kappa shape index (κ1) is 13.0. The van der Waals surface area contributed by atoms with Crippen LogP contribution in [0, 0.1) is 6.92 Å². The van der Waals surface area contributed by atoms with Gasteiger partial charge in [0.15, 0.2) is 5.78 Å². The molecule has 0 radical (unpaired) electrons. The Bertz CT molecular complexity index is 569. The average molecular weight is 259 g/mol. The van der Waals surface area contributed by atoms with E-state index in [1.54, 1.807) is 6.92 Å². The van der Waals surface area contributed by atoms with Crippen molar-refractivity contribution in [2.75, 3.05) is 0 Å². The van der Waals surface area contributed by atoms with Gasteiger partial charge in [0, 0.05) is 12.3 Å². The fourth-order valence-electron chi connectivity index (χ4n) is 1.97. The number of Topliss-reactive ketones (excluding diaryl/α,β-unsaturated/α-hetero) is 1. The van der Waals surface area contributed by atoms with Crippen LogP contribution in [-0.4, -0.2) is 10.8 Å². The maximum Gasteiger partial charge on any atom is 0.171 e. The highest BCUT2D eigenvalue weighted by atomic mass is 32.1. The minimum absolute atomic E-state index is 0.0973. The predicted octanol–water partition coefficient (Wildman–Crippen LogP) is 3.98. The van der Waals surface area contributed by atoms with Gasteiger partial charge in [-0.2, -0.15) is 0 Å². The highest BCUT2D eigenvalue weighted by molar-refractivity contribution is 7.14. The molecule has 0 aliphatic heterocycles. The van der Waals surface area contributed by atoms with E-state index in [1.165, 1.54) is 16.9 Å². The maximum absolute atomic E-state index is 11.5. The molecule has 1 aromatic carbocycles. The quantitative estimate of drug-likeness (QED) is 0.780. The molecule has 2 aromatic rings. The number of thiazole rings is 1. The molecule has 1 heterocycles. The van der Waals surface area contributed by atoms with Crippen LogP contribution < -0.4 is 0 Å². The molecule has 0 spiro atoms. The summed E-state index contributed by atoms with van der Waals surface area (Å²) in [6, 6.07) is 10.3. The molecule has 0 amide bonds. The van der Waals surface area contributed by atoms with Crippen LogP contribution in [0.4, 0.5) is 0 Å². The summed E-state index contributed by atoms with van der Waals surface area (Å²) in [5.74, 6) is 0.0973. The van der Waals surface area contributed by atoms with Gasteiger partial charge in [0.2, 0.25) is 0 Å². The van der Waals surface area contributed by atoms with Crippen LogP contribution in [0.2, 0.25) is 0 Å². The molecule has 0 saturated carbocycles. The molecule has 0 unspecified atom stereocenters. The van der Waals surface area contributed by atoms with Crippen LogP contribution in [0.5, 0.6) is 0 Å². The molecule has 2 rings (SSSR count). The normalized spacial score (nSPS) is 11.6. The monoisotopic (exact) mass is 259 g/mol. The first-order valence-electron chi connectivity index (χ1n) is 5.97. The highest BCUT2D eigenvalue weighted by Gasteiger charge is 2.28. The Morgan fingerprint density at radius 1 is 1.22 bits per heavy atom. The largest absolute Gasteiger partial charge is 0.294 e. The third-order valence-corrected chi connectivity index (χ3v) is 4.73. The number of ketones is 1. The lowest BCUT2D eigenvalue weighted by atomic mass is 9.85. The molecule has 0 bridgehead atoms. The number of carbonyl (C=O) groups excluding carboxylic acids is 1. The van der Waals surface area contributed by atoms with E-state index in [0.717, 1.165) is 15.6 Å². The Kier molecular flexibility index (Phi) is 3.35. The number of carbonyl (C=O) groups is 1. The summed E-state index contributed by atoms with van der Waals surface area (Å²) in [5, 5.41) is 0.997. The zero-order chi connectivity index (χ0) is 13.3. The van der Waals surface area contributed by atoms with Gasteiger partial charge in [0.1, 0.15) is 5.01 Å². The van der Waals surface area contributed by atoms with Crippen LogP contribution >= 0.6 is 11.3 Å². The smallest absolute Gasteiger partial charge is 0.171 e. The van der Waals surface area contributed by atoms with Crippen LogP contribution in [0.15, 0.2) is 30.3 Å². The lowest BCUT2D eigenvalue weighted by molar-refractivity contribution is 0.102. The van der Waals surface area contributed by atoms with Crippen molar-refractivity contribution in [1.82, 2.24) is 4.98 Å². The number of nitrogens with zero attached hydrogens (tertiary/aromatic N) is 1. The number of benzene rings is 1. The van der Waals surface area contributed by atoms with Crippen molar-refractivity contribution in [1.29, 1.82) is 0 Å². The zero-order valence-electron chi connectivity index (χ0n) is 11.2. The van der Waals surface area contributed by atoms with Gasteiger partial charge in [-0.05, 0) is 26.3 Å². The first-order chi connectivity index (χ1) is 8.43. The van der Waals surface area contributed by atoms with Crippen LogP contribution in [0.1, 0.15) is 46.7 Å². The SMILES string of the molecule is CC(=O)c1sc(C(C)(C)c2ccccc2)nc1C. The van der Waals surface area contributed by atoms with E-state index < -0.39 is 0 Å². The molecular formula is C15H17NOS. The average Bonchev–Trinajstić information content (AvgIpc) is 2.73. The van der Waals surface area contributed by atoms with Crippen LogP contribution in [0.25, 0.3) is 0 Å². The van der Waals surface area contributed by atoms with Crippen LogP contribution in [0.3, 0.4) is 0 Å². The Morgan fingerprint density at radius 3 is 2.33 bits per heavy atom. The van der Waals surface area contributed by atoms with E-state index in [-0.39, 0.29) is 11.2 Å². The maximum atomic E-state index is 11.5. The van der Waals surface area contributed by atoms with Gasteiger partial charge in [-0.25, -0.2) is 4.98 Å². The zero-order valence-corrected chi connectivity index (χ0v) is 12.0. The molecule has 3 heteroatoms. The van der Waals surface area contributed by atoms with Crippen molar-refractivity contribution in [3.63, 3.8) is 0 Å². The molecule has 0 aliphatic rings. The van der Waals surface area contributed by atoms with E-state index in [1.807, 2.05) is 25.1 Å². The molecule has 18 heavy (non-hydrogen) atoms. The van der Waals surface area contributed by atoms with Gasteiger partial charge in [-0.1, -0.05) is 30.3 Å². The molecule has 0 N–H and O–H groups in total. The molecule has 94 valence electrons. The molecule has 0 atom stereocenters. The fourth-order valence-corrected chi connectivity index (χ4v) is 3.05. The topological polar surface area (TPSA) is 30.0 Å². The van der Waals surface area contributed by atoms with Gasteiger partial charge >= 0.3 is 0 Å². The fraction of sp³-hybridized carbons (Fsp3) is 0.333. The summed E-state index contributed by atoms with van der Waals surface area (Å²) in [4.78, 5) is 16.9. The third-order valence-electron chi connectivity index (χ3n) is 3.15. The lowest BCUT2D eigenvalue weighted by Crippen LogP contribution is -2.18. The second-order valence-electron chi connectivity index (χ2n) is 4.98. The summed E-state index contributed by atoms with van der Waals surface area (Å²) in [7, 11) is 0. The Balaban J connectivity index is 2.48. The summed E-state index contributed by atoms with van der Waals surface area (Å²) < 4.78 is 0. The molecule has 0 aliphatic carbocycles. The molecule has 2 nitrogen and oxygen atoms in total. The number of hydrogen-bond donors (Lipinski definition) is 0. The van der Waals surface area contributed by atoms with Gasteiger partial charge in [-0.15, -0.1) is 11.3 Å². The van der Waals surface area contributed by atoms with Crippen molar-refractivity contribution in [3.05, 3.63) is 51.5 Å². The molecule has 1 aromatic heterocycles. The van der Waals surface area contributed by atoms with Gasteiger partial charge in [0.25, 0.3) is 0 Å². The van der Waals surface area contributed by atoms with Crippen molar-refractivity contribution < 1.29 is 4.79 Å². The van der Waals surface area contributed by atoms with E-state index >= 15 is 0 Å². The number of aromatic nitrogens is 1. The van der Waals surface area contributed by atoms with E-state index in [2.05, 4.69) is 31.0 Å².